The van der Waals surface area contributed by atoms with E-state index in [0.29, 0.717) is 5.69 Å². The van der Waals surface area contributed by atoms with Crippen LogP contribution in [0.5, 0.6) is 0 Å². The third kappa shape index (κ3) is 3.29. The fourth-order valence-corrected chi connectivity index (χ4v) is 1.73. The van der Waals surface area contributed by atoms with Crippen LogP contribution < -0.4 is 16.6 Å². The molecule has 2 aromatic heterocycles. The standard InChI is InChI=1S/C12H13N5O5/c1-17-9(18)3-7(16-12(17)22)10(19)15-8(11(20)21)2-6-4-13-5-14-6/h3-5,8H,2H2,1H3,(H,13,14)(H,15,19)(H,16,22)(H,20,21). The molecule has 0 aromatic carbocycles. The fraction of sp³-hybridized carbons (Fsp3) is 0.250. The van der Waals surface area contributed by atoms with Crippen molar-refractivity contribution in [1.29, 1.82) is 0 Å². The third-order valence-electron chi connectivity index (χ3n) is 2.97. The van der Waals surface area contributed by atoms with Crippen molar-refractivity contribution in [3.8, 4) is 0 Å². The van der Waals surface area contributed by atoms with Crippen molar-refractivity contribution < 1.29 is 14.7 Å². The topological polar surface area (TPSA) is 150 Å². The number of carboxylic acids is 1. The lowest BCUT2D eigenvalue weighted by molar-refractivity contribution is -0.139. The number of H-pyrrole nitrogens is 2. The second kappa shape index (κ2) is 6.08. The number of carbonyl (C=O) groups excluding carboxylic acids is 1. The van der Waals surface area contributed by atoms with Crippen LogP contribution >= 0.6 is 0 Å². The number of aliphatic carboxylic acids is 1. The van der Waals surface area contributed by atoms with E-state index in [0.717, 1.165) is 10.6 Å². The van der Waals surface area contributed by atoms with Crippen molar-refractivity contribution in [2.45, 2.75) is 12.5 Å². The van der Waals surface area contributed by atoms with Crippen LogP contribution in [0.4, 0.5) is 0 Å². The predicted octanol–water partition coefficient (Wildman–Crippen LogP) is -1.78. The van der Waals surface area contributed by atoms with E-state index < -0.39 is 29.2 Å². The average Bonchev–Trinajstić information content (AvgIpc) is 2.96. The molecule has 4 N–H and O–H groups in total. The lowest BCUT2D eigenvalue weighted by Crippen LogP contribution is -2.44. The van der Waals surface area contributed by atoms with E-state index in [4.69, 9.17) is 5.11 Å². The van der Waals surface area contributed by atoms with Gasteiger partial charge in [0.2, 0.25) is 0 Å². The fourth-order valence-electron chi connectivity index (χ4n) is 1.73. The number of rotatable bonds is 5. The van der Waals surface area contributed by atoms with Gasteiger partial charge in [-0.15, -0.1) is 0 Å². The second-order valence-corrected chi connectivity index (χ2v) is 4.53. The molecule has 22 heavy (non-hydrogen) atoms. The Labute approximate surface area is 122 Å². The molecule has 0 fully saturated rings. The number of aromatic nitrogens is 4. The lowest BCUT2D eigenvalue weighted by atomic mass is 10.1. The maximum absolute atomic E-state index is 12.0. The highest BCUT2D eigenvalue weighted by molar-refractivity contribution is 5.94. The van der Waals surface area contributed by atoms with Crippen LogP contribution in [0.1, 0.15) is 16.2 Å². The van der Waals surface area contributed by atoms with E-state index in [-0.39, 0.29) is 12.1 Å². The minimum atomic E-state index is -1.26. The number of carboxylic acid groups (broad SMARTS) is 1. The average molecular weight is 307 g/mol. The molecule has 0 aliphatic heterocycles. The summed E-state index contributed by atoms with van der Waals surface area (Å²) in [5.74, 6) is -2.11. The van der Waals surface area contributed by atoms with E-state index in [1.54, 1.807) is 0 Å². The van der Waals surface area contributed by atoms with E-state index in [1.807, 2.05) is 0 Å². The highest BCUT2D eigenvalue weighted by Crippen LogP contribution is 2.00. The largest absolute Gasteiger partial charge is 0.480 e. The molecule has 0 aliphatic carbocycles. The Morgan fingerprint density at radius 3 is 2.73 bits per heavy atom. The molecule has 2 aromatic rings. The van der Waals surface area contributed by atoms with Gasteiger partial charge in [-0.25, -0.2) is 14.6 Å². The molecule has 10 nitrogen and oxygen atoms in total. The third-order valence-corrected chi connectivity index (χ3v) is 2.97. The van der Waals surface area contributed by atoms with Gasteiger partial charge >= 0.3 is 11.7 Å². The first-order valence-electron chi connectivity index (χ1n) is 6.19. The predicted molar refractivity (Wildman–Crippen MR) is 73.5 cm³/mol. The van der Waals surface area contributed by atoms with Gasteiger partial charge in [0.15, 0.2) is 0 Å². The molecule has 1 unspecified atom stereocenters. The molecule has 0 aliphatic rings. The molecule has 116 valence electrons. The van der Waals surface area contributed by atoms with Gasteiger partial charge in [-0.2, -0.15) is 0 Å². The molecule has 1 atom stereocenters. The summed E-state index contributed by atoms with van der Waals surface area (Å²) in [5, 5.41) is 11.4. The van der Waals surface area contributed by atoms with Crippen LogP contribution in [-0.2, 0) is 18.3 Å². The summed E-state index contributed by atoms with van der Waals surface area (Å²) in [6.45, 7) is 0. The quantitative estimate of drug-likeness (QED) is 0.513. The SMILES string of the molecule is Cn1c(=O)cc(C(=O)NC(Cc2cnc[nH]2)C(=O)O)[nH]c1=O. The Kier molecular flexibility index (Phi) is 4.20. The molecule has 1 amide bonds. The summed E-state index contributed by atoms with van der Waals surface area (Å²) >= 11 is 0. The Hall–Kier alpha value is -3.17. The Balaban J connectivity index is 2.20. The molecule has 2 heterocycles. The van der Waals surface area contributed by atoms with Crippen molar-refractivity contribution >= 4 is 11.9 Å². The zero-order valence-electron chi connectivity index (χ0n) is 11.5. The molecule has 0 bridgehead atoms. The van der Waals surface area contributed by atoms with E-state index >= 15 is 0 Å². The Morgan fingerprint density at radius 2 is 2.18 bits per heavy atom. The van der Waals surface area contributed by atoms with Crippen molar-refractivity contribution in [3.05, 3.63) is 50.8 Å². The maximum Gasteiger partial charge on any atom is 0.328 e. The summed E-state index contributed by atoms with van der Waals surface area (Å²) in [4.78, 5) is 54.8. The van der Waals surface area contributed by atoms with Crippen LogP contribution in [0.25, 0.3) is 0 Å². The number of nitrogens with one attached hydrogen (secondary N) is 3. The monoisotopic (exact) mass is 307 g/mol. The van der Waals surface area contributed by atoms with Gasteiger partial charge in [0.25, 0.3) is 11.5 Å². The number of hydrogen-bond acceptors (Lipinski definition) is 5. The summed E-state index contributed by atoms with van der Waals surface area (Å²) < 4.78 is 0.788. The summed E-state index contributed by atoms with van der Waals surface area (Å²) in [6.07, 6.45) is 2.80. The normalized spacial score (nSPS) is 11.9. The number of carbonyl (C=O) groups is 2. The number of aromatic amines is 2. The van der Waals surface area contributed by atoms with Gasteiger partial charge in [0.1, 0.15) is 11.7 Å². The van der Waals surface area contributed by atoms with Crippen LogP contribution in [0.2, 0.25) is 0 Å². The first kappa shape index (κ1) is 15.2. The number of imidazole rings is 1. The molecule has 0 saturated carbocycles. The van der Waals surface area contributed by atoms with Crippen molar-refractivity contribution in [1.82, 2.24) is 24.8 Å². The zero-order valence-corrected chi connectivity index (χ0v) is 11.5. The minimum Gasteiger partial charge on any atom is -0.480 e. The van der Waals surface area contributed by atoms with Gasteiger partial charge in [-0.1, -0.05) is 0 Å². The van der Waals surface area contributed by atoms with Gasteiger partial charge < -0.3 is 20.4 Å². The summed E-state index contributed by atoms with van der Waals surface area (Å²) in [6, 6.07) is -0.313. The van der Waals surface area contributed by atoms with Crippen LogP contribution in [0.15, 0.2) is 28.2 Å². The molecule has 0 saturated heterocycles. The van der Waals surface area contributed by atoms with Gasteiger partial charge in [0, 0.05) is 31.4 Å². The molecule has 2 rings (SSSR count). The second-order valence-electron chi connectivity index (χ2n) is 4.53. The maximum atomic E-state index is 12.0. The molecule has 0 spiro atoms. The molecule has 0 radical (unpaired) electrons. The Bertz CT molecular complexity index is 773. The number of amides is 1. The first-order chi connectivity index (χ1) is 10.4. The summed E-state index contributed by atoms with van der Waals surface area (Å²) in [5.41, 5.74) is -1.22. The van der Waals surface area contributed by atoms with Crippen molar-refractivity contribution in [3.63, 3.8) is 0 Å². The lowest BCUT2D eigenvalue weighted by Gasteiger charge is -2.13. The molecule has 10 heteroatoms. The number of hydrogen-bond donors (Lipinski definition) is 4. The van der Waals surface area contributed by atoms with Crippen molar-refractivity contribution in [2.75, 3.05) is 0 Å². The molecular weight excluding hydrogens is 294 g/mol. The van der Waals surface area contributed by atoms with E-state index in [9.17, 15) is 19.2 Å². The van der Waals surface area contributed by atoms with Crippen molar-refractivity contribution in [2.24, 2.45) is 7.05 Å². The van der Waals surface area contributed by atoms with Gasteiger partial charge in [-0.3, -0.25) is 14.2 Å². The van der Waals surface area contributed by atoms with Crippen LogP contribution in [0, 0.1) is 0 Å². The Morgan fingerprint density at radius 1 is 1.45 bits per heavy atom. The first-order valence-corrected chi connectivity index (χ1v) is 6.19. The highest BCUT2D eigenvalue weighted by atomic mass is 16.4. The zero-order chi connectivity index (χ0) is 16.3. The van der Waals surface area contributed by atoms with E-state index in [2.05, 4.69) is 20.3 Å². The smallest absolute Gasteiger partial charge is 0.328 e. The van der Waals surface area contributed by atoms with Crippen LogP contribution in [-0.4, -0.2) is 42.5 Å². The number of nitrogens with zero attached hydrogens (tertiary/aromatic N) is 2. The van der Waals surface area contributed by atoms with Gasteiger partial charge in [0.05, 0.1) is 6.33 Å². The summed E-state index contributed by atoms with van der Waals surface area (Å²) in [7, 11) is 1.25. The highest BCUT2D eigenvalue weighted by Gasteiger charge is 2.22. The molecular formula is C12H13N5O5. The van der Waals surface area contributed by atoms with Gasteiger partial charge in [-0.05, 0) is 0 Å². The minimum absolute atomic E-state index is 0.0177. The van der Waals surface area contributed by atoms with E-state index in [1.165, 1.54) is 19.6 Å². The van der Waals surface area contributed by atoms with Crippen LogP contribution in [0.3, 0.4) is 0 Å².